The van der Waals surface area contributed by atoms with Gasteiger partial charge in [-0.25, -0.2) is 18.6 Å². The number of likely N-dealkylation sites (N-methyl/N-ethyl adjacent to an activating group) is 1. The number of anilines is 1. The third kappa shape index (κ3) is 2.27. The minimum atomic E-state index is -0.564. The fourth-order valence-electron chi connectivity index (χ4n) is 3.74. The first kappa shape index (κ1) is 15.6. The Hall–Kier alpha value is -2.68. The second-order valence-corrected chi connectivity index (χ2v) is 7.16. The molecular weight excluding hydrogens is 339 g/mol. The lowest BCUT2D eigenvalue weighted by Gasteiger charge is -2.33. The molecule has 8 nitrogen and oxygen atoms in total. The van der Waals surface area contributed by atoms with Crippen molar-refractivity contribution in [1.29, 1.82) is 0 Å². The molecule has 1 aliphatic heterocycles. The zero-order valence-electron chi connectivity index (χ0n) is 14.4. The molecule has 1 N–H and O–H groups in total. The van der Waals surface area contributed by atoms with Crippen molar-refractivity contribution in [1.82, 2.24) is 23.8 Å². The number of hydrogen-bond donors (Lipinski definition) is 1. The Bertz CT molecular complexity index is 1130. The minimum absolute atomic E-state index is 0.196. The predicted octanol–water partition coefficient (Wildman–Crippen LogP) is 0.563. The maximum Gasteiger partial charge on any atom is 0.334 e. The van der Waals surface area contributed by atoms with Crippen LogP contribution in [-0.2, 0) is 0 Å². The number of pyridine rings is 1. The predicted molar refractivity (Wildman–Crippen MR) is 95.5 cm³/mol. The van der Waals surface area contributed by atoms with E-state index < -0.39 is 17.1 Å². The largest absolute Gasteiger partial charge is 0.352 e. The average molecular weight is 358 g/mol. The average Bonchev–Trinajstić information content (AvgIpc) is 3.37. The molecule has 9 heteroatoms. The van der Waals surface area contributed by atoms with Crippen LogP contribution in [0.2, 0.25) is 0 Å². The molecule has 26 heavy (non-hydrogen) atoms. The topological polar surface area (TPSA) is 78.6 Å². The molecule has 1 aliphatic carbocycles. The lowest BCUT2D eigenvalue weighted by Crippen LogP contribution is -2.45. The fraction of sp³-hybridized carbons (Fsp3) is 0.471. The van der Waals surface area contributed by atoms with Gasteiger partial charge in [0.05, 0.1) is 5.52 Å². The smallest absolute Gasteiger partial charge is 0.334 e. The number of H-pyrrole nitrogens is 1. The molecule has 136 valence electrons. The maximum absolute atomic E-state index is 14.9. The van der Waals surface area contributed by atoms with E-state index >= 15 is 0 Å². The SMILES string of the molecule is CN1CCN(c2nc3c(cc2F)n2c(=O)[nH]c(=O)cc2n3C2CC2)CC1. The van der Waals surface area contributed by atoms with Gasteiger partial charge in [-0.2, -0.15) is 0 Å². The van der Waals surface area contributed by atoms with Gasteiger partial charge in [-0.05, 0) is 19.9 Å². The van der Waals surface area contributed by atoms with E-state index in [1.54, 1.807) is 0 Å². The molecule has 1 saturated heterocycles. The summed E-state index contributed by atoms with van der Waals surface area (Å²) in [5, 5.41) is 0. The van der Waals surface area contributed by atoms with Gasteiger partial charge in [0, 0.05) is 44.4 Å². The molecule has 3 aromatic heterocycles. The number of halogens is 1. The van der Waals surface area contributed by atoms with Crippen LogP contribution in [0.25, 0.3) is 16.8 Å². The Balaban J connectivity index is 1.79. The summed E-state index contributed by atoms with van der Waals surface area (Å²) in [6.45, 7) is 3.10. The molecule has 0 bridgehead atoms. The van der Waals surface area contributed by atoms with Crippen molar-refractivity contribution in [3.05, 3.63) is 38.8 Å². The molecule has 0 radical (unpaired) electrons. The Labute approximate surface area is 147 Å². The number of imidazole rings is 1. The lowest BCUT2D eigenvalue weighted by atomic mass is 10.3. The monoisotopic (exact) mass is 358 g/mol. The first-order chi connectivity index (χ1) is 12.5. The second-order valence-electron chi connectivity index (χ2n) is 7.16. The molecule has 0 aromatic carbocycles. The normalized spacial score (nSPS) is 18.9. The van der Waals surface area contributed by atoms with Crippen molar-refractivity contribution in [3.63, 3.8) is 0 Å². The number of fused-ring (bicyclic) bond motifs is 3. The first-order valence-electron chi connectivity index (χ1n) is 8.83. The van der Waals surface area contributed by atoms with Crippen molar-refractivity contribution in [2.75, 3.05) is 38.1 Å². The molecule has 0 spiro atoms. The first-order valence-corrected chi connectivity index (χ1v) is 8.83. The number of rotatable bonds is 2. The molecule has 3 aromatic rings. The second kappa shape index (κ2) is 5.41. The van der Waals surface area contributed by atoms with Crippen molar-refractivity contribution >= 4 is 22.6 Å². The van der Waals surface area contributed by atoms with Crippen molar-refractivity contribution in [2.24, 2.45) is 0 Å². The van der Waals surface area contributed by atoms with Gasteiger partial charge in [0.25, 0.3) is 5.56 Å². The maximum atomic E-state index is 14.9. The number of piperazine rings is 1. The Morgan fingerprint density at radius 1 is 1.15 bits per heavy atom. The molecule has 2 aliphatic rings. The van der Waals surface area contributed by atoms with Gasteiger partial charge in [-0.3, -0.25) is 9.78 Å². The summed E-state index contributed by atoms with van der Waals surface area (Å²) in [5.74, 6) is -0.135. The van der Waals surface area contributed by atoms with Crippen LogP contribution in [0.1, 0.15) is 18.9 Å². The van der Waals surface area contributed by atoms with Gasteiger partial charge in [0.15, 0.2) is 17.3 Å². The molecule has 0 unspecified atom stereocenters. The molecule has 0 atom stereocenters. The number of nitrogens with one attached hydrogen (secondary N) is 1. The minimum Gasteiger partial charge on any atom is -0.352 e. The molecule has 4 heterocycles. The van der Waals surface area contributed by atoms with Gasteiger partial charge in [0.2, 0.25) is 0 Å². The van der Waals surface area contributed by atoms with E-state index in [0.717, 1.165) is 25.9 Å². The van der Waals surface area contributed by atoms with Crippen LogP contribution in [0.15, 0.2) is 21.7 Å². The summed E-state index contributed by atoms with van der Waals surface area (Å²) in [6, 6.07) is 2.94. The number of aromatic nitrogens is 4. The van der Waals surface area contributed by atoms with Crippen molar-refractivity contribution in [3.8, 4) is 0 Å². The van der Waals surface area contributed by atoms with Crippen LogP contribution in [0.3, 0.4) is 0 Å². The van der Waals surface area contributed by atoms with Gasteiger partial charge in [-0.15, -0.1) is 0 Å². The molecule has 0 amide bonds. The quantitative estimate of drug-likeness (QED) is 0.724. The Morgan fingerprint density at radius 3 is 2.58 bits per heavy atom. The van der Waals surface area contributed by atoms with Gasteiger partial charge >= 0.3 is 5.69 Å². The van der Waals surface area contributed by atoms with Crippen LogP contribution < -0.4 is 16.1 Å². The molecule has 1 saturated carbocycles. The highest BCUT2D eigenvalue weighted by molar-refractivity contribution is 5.80. The summed E-state index contributed by atoms with van der Waals surface area (Å²) < 4.78 is 18.1. The van der Waals surface area contributed by atoms with E-state index in [-0.39, 0.29) is 6.04 Å². The van der Waals surface area contributed by atoms with Crippen LogP contribution in [-0.4, -0.2) is 57.1 Å². The van der Waals surface area contributed by atoms with Crippen LogP contribution in [0.5, 0.6) is 0 Å². The Morgan fingerprint density at radius 2 is 1.88 bits per heavy atom. The molecular formula is C17H19FN6O2. The van der Waals surface area contributed by atoms with E-state index in [1.165, 1.54) is 16.5 Å². The summed E-state index contributed by atoms with van der Waals surface area (Å²) in [6.07, 6.45) is 1.92. The summed E-state index contributed by atoms with van der Waals surface area (Å²) in [4.78, 5) is 35.1. The van der Waals surface area contributed by atoms with E-state index in [2.05, 4.69) is 14.9 Å². The van der Waals surface area contributed by atoms with Gasteiger partial charge in [0.1, 0.15) is 5.65 Å². The summed E-state index contributed by atoms with van der Waals surface area (Å²) in [5.41, 5.74) is 0.394. The molecule has 2 fully saturated rings. The third-order valence-electron chi connectivity index (χ3n) is 5.27. The fourth-order valence-corrected chi connectivity index (χ4v) is 3.74. The number of aromatic amines is 1. The highest BCUT2D eigenvalue weighted by Crippen LogP contribution is 2.39. The van der Waals surface area contributed by atoms with Crippen LogP contribution >= 0.6 is 0 Å². The van der Waals surface area contributed by atoms with E-state index in [9.17, 15) is 14.0 Å². The van der Waals surface area contributed by atoms with Gasteiger partial charge < -0.3 is 14.4 Å². The van der Waals surface area contributed by atoms with E-state index in [1.807, 2.05) is 16.5 Å². The van der Waals surface area contributed by atoms with Crippen molar-refractivity contribution < 1.29 is 4.39 Å². The standard InChI is InChI=1S/C17H19FN6O2/c1-21-4-6-22(7-5-21)15-11(18)8-12-16(20-15)23(10-2-3-10)14-9-13(25)19-17(26)24(12)14/h8-10H,2-7H2,1H3,(H,19,25,26). The van der Waals surface area contributed by atoms with E-state index in [0.29, 0.717) is 35.7 Å². The number of hydrogen-bond acceptors (Lipinski definition) is 5. The van der Waals surface area contributed by atoms with Crippen molar-refractivity contribution in [2.45, 2.75) is 18.9 Å². The summed E-state index contributed by atoms with van der Waals surface area (Å²) in [7, 11) is 2.04. The molecule has 5 rings (SSSR count). The zero-order valence-corrected chi connectivity index (χ0v) is 14.4. The zero-order chi connectivity index (χ0) is 18.0. The van der Waals surface area contributed by atoms with Crippen LogP contribution in [0, 0.1) is 5.82 Å². The van der Waals surface area contributed by atoms with Gasteiger partial charge in [-0.1, -0.05) is 0 Å². The third-order valence-corrected chi connectivity index (χ3v) is 5.27. The highest BCUT2D eigenvalue weighted by Gasteiger charge is 2.30. The Kier molecular flexibility index (Phi) is 3.24. The summed E-state index contributed by atoms with van der Waals surface area (Å²) >= 11 is 0. The lowest BCUT2D eigenvalue weighted by molar-refractivity contribution is 0.311. The van der Waals surface area contributed by atoms with E-state index in [4.69, 9.17) is 0 Å². The number of nitrogens with zero attached hydrogens (tertiary/aromatic N) is 5. The van der Waals surface area contributed by atoms with Crippen LogP contribution in [0.4, 0.5) is 10.2 Å². The highest BCUT2D eigenvalue weighted by atomic mass is 19.1.